The molecule has 0 fully saturated rings. The van der Waals surface area contributed by atoms with Gasteiger partial charge in [-0.25, -0.2) is 8.42 Å². The van der Waals surface area contributed by atoms with Crippen LogP contribution in [0.15, 0.2) is 53.4 Å². The highest BCUT2D eigenvalue weighted by molar-refractivity contribution is 7.89. The maximum atomic E-state index is 14.3. The Morgan fingerprint density at radius 2 is 1.83 bits per heavy atom. The summed E-state index contributed by atoms with van der Waals surface area (Å²) < 4.78 is 40.6. The molecule has 256 valence electrons. The fourth-order valence-corrected chi connectivity index (χ4v) is 6.57. The summed E-state index contributed by atoms with van der Waals surface area (Å²) in [5.74, 6) is -0.393. The van der Waals surface area contributed by atoms with Crippen LogP contribution in [-0.4, -0.2) is 112 Å². The third-order valence-corrected chi connectivity index (χ3v) is 10.1. The Labute approximate surface area is 274 Å². The number of likely N-dealkylation sites (N-methyl/N-ethyl adjacent to an activating group) is 1. The van der Waals surface area contributed by atoms with E-state index in [9.17, 15) is 23.1 Å². The van der Waals surface area contributed by atoms with Crippen LogP contribution in [0.5, 0.6) is 5.75 Å². The SMILES string of the molecule is C[C@@H]1CN([C@H](C)CO)C(=O)c2cc(NC(=O)CCCN(C)C)ccc2O[C@@H](C)CCCCO[C@@H]1CN(C)S(=O)(=O)c1ccccc1. The largest absolute Gasteiger partial charge is 0.490 e. The average molecular weight is 661 g/mol. The molecule has 4 atom stereocenters. The van der Waals surface area contributed by atoms with Crippen LogP contribution < -0.4 is 10.1 Å². The number of ether oxygens (including phenoxy) is 2. The van der Waals surface area contributed by atoms with Gasteiger partial charge in [0.15, 0.2) is 0 Å². The molecule has 2 N–H and O–H groups in total. The average Bonchev–Trinajstić information content (AvgIpc) is 3.02. The standard InChI is InChI=1S/C34H52N4O7S/c1-25-22-38(26(2)24-39)34(41)30-21-28(35-33(40)16-12-19-36(4)5)17-18-31(30)45-27(3)13-10-11-20-44-32(25)23-37(6)46(42,43)29-14-8-7-9-15-29/h7-9,14-15,17-18,21,25-27,32,39H,10-13,16,19-20,22-24H2,1-6H3,(H,35,40)/t25-,26-,27+,32-/m1/s1. The Balaban J connectivity index is 1.92. The smallest absolute Gasteiger partial charge is 0.258 e. The number of aliphatic hydroxyl groups excluding tert-OH is 1. The monoisotopic (exact) mass is 660 g/mol. The van der Waals surface area contributed by atoms with Gasteiger partial charge in [0.05, 0.1) is 35.3 Å². The molecule has 2 aromatic rings. The predicted molar refractivity (Wildman–Crippen MR) is 180 cm³/mol. The summed E-state index contributed by atoms with van der Waals surface area (Å²) in [7, 11) is 1.69. The number of nitrogens with zero attached hydrogens (tertiary/aromatic N) is 3. The van der Waals surface area contributed by atoms with Crippen LogP contribution in [0.2, 0.25) is 0 Å². The van der Waals surface area contributed by atoms with Gasteiger partial charge in [0.2, 0.25) is 15.9 Å². The van der Waals surface area contributed by atoms with Gasteiger partial charge in [0, 0.05) is 44.8 Å². The minimum Gasteiger partial charge on any atom is -0.490 e. The molecule has 0 radical (unpaired) electrons. The zero-order valence-electron chi connectivity index (χ0n) is 28.1. The number of carbonyl (C=O) groups is 2. The molecule has 2 aromatic carbocycles. The van der Waals surface area contributed by atoms with E-state index < -0.39 is 22.2 Å². The Bertz CT molecular complexity index is 1370. The maximum Gasteiger partial charge on any atom is 0.258 e. The number of nitrogens with one attached hydrogen (secondary N) is 1. The number of hydrogen-bond donors (Lipinski definition) is 2. The van der Waals surface area contributed by atoms with Crippen molar-refractivity contribution < 1.29 is 32.6 Å². The summed E-state index contributed by atoms with van der Waals surface area (Å²) in [5.41, 5.74) is 0.765. The van der Waals surface area contributed by atoms with Crippen molar-refractivity contribution in [2.75, 3.05) is 59.3 Å². The highest BCUT2D eigenvalue weighted by Crippen LogP contribution is 2.29. The molecule has 12 heteroatoms. The quantitative estimate of drug-likeness (QED) is 0.369. The Kier molecular flexibility index (Phi) is 14.5. The van der Waals surface area contributed by atoms with Crippen LogP contribution >= 0.6 is 0 Å². The lowest BCUT2D eigenvalue weighted by atomic mass is 10.0. The van der Waals surface area contributed by atoms with Gasteiger partial charge in [-0.15, -0.1) is 0 Å². The van der Waals surface area contributed by atoms with Crippen molar-refractivity contribution in [2.45, 2.75) is 76.0 Å². The fraction of sp³-hybridized carbons (Fsp3) is 0.588. The first-order chi connectivity index (χ1) is 21.8. The zero-order chi connectivity index (χ0) is 33.9. The van der Waals surface area contributed by atoms with Gasteiger partial charge < -0.3 is 29.7 Å². The Hall–Kier alpha value is -3.03. The zero-order valence-corrected chi connectivity index (χ0v) is 29.0. The summed E-state index contributed by atoms with van der Waals surface area (Å²) in [6.07, 6.45) is 2.63. The van der Waals surface area contributed by atoms with Crippen molar-refractivity contribution in [3.05, 3.63) is 54.1 Å². The van der Waals surface area contributed by atoms with E-state index in [1.165, 1.54) is 11.4 Å². The third-order valence-electron chi connectivity index (χ3n) is 8.23. The van der Waals surface area contributed by atoms with Gasteiger partial charge in [0.25, 0.3) is 5.91 Å². The summed E-state index contributed by atoms with van der Waals surface area (Å²) in [6, 6.07) is 12.8. The van der Waals surface area contributed by atoms with Crippen molar-refractivity contribution in [1.82, 2.24) is 14.1 Å². The molecule has 0 aliphatic carbocycles. The number of anilines is 1. The van der Waals surface area contributed by atoms with E-state index in [2.05, 4.69) is 5.32 Å². The Morgan fingerprint density at radius 1 is 1.11 bits per heavy atom. The van der Waals surface area contributed by atoms with Crippen LogP contribution in [0, 0.1) is 5.92 Å². The predicted octanol–water partition coefficient (Wildman–Crippen LogP) is 4.08. The lowest BCUT2D eigenvalue weighted by Crippen LogP contribution is -2.48. The second-order valence-electron chi connectivity index (χ2n) is 12.6. The molecule has 1 aliphatic heterocycles. The van der Waals surface area contributed by atoms with Gasteiger partial charge >= 0.3 is 0 Å². The van der Waals surface area contributed by atoms with Gasteiger partial charge in [0.1, 0.15) is 5.75 Å². The molecule has 0 unspecified atom stereocenters. The van der Waals surface area contributed by atoms with Crippen LogP contribution in [0.3, 0.4) is 0 Å². The third kappa shape index (κ3) is 10.8. The number of amides is 2. The van der Waals surface area contributed by atoms with Crippen LogP contribution in [0.4, 0.5) is 5.69 Å². The molecule has 0 saturated heterocycles. The van der Waals surface area contributed by atoms with E-state index in [1.807, 2.05) is 32.8 Å². The minimum atomic E-state index is -3.76. The van der Waals surface area contributed by atoms with E-state index >= 15 is 0 Å². The number of benzene rings is 2. The van der Waals surface area contributed by atoms with Gasteiger partial charge in [-0.05, 0) is 90.5 Å². The first-order valence-corrected chi connectivity index (χ1v) is 17.6. The van der Waals surface area contributed by atoms with Crippen LogP contribution in [0.25, 0.3) is 0 Å². The molecule has 0 spiro atoms. The van der Waals surface area contributed by atoms with E-state index in [0.717, 1.165) is 25.8 Å². The first kappa shape index (κ1) is 37.4. The molecular formula is C34H52N4O7S. The van der Waals surface area contributed by atoms with Gasteiger partial charge in [-0.3, -0.25) is 9.59 Å². The highest BCUT2D eigenvalue weighted by atomic mass is 32.2. The van der Waals surface area contributed by atoms with E-state index in [0.29, 0.717) is 30.9 Å². The lowest BCUT2D eigenvalue weighted by Gasteiger charge is -2.35. The lowest BCUT2D eigenvalue weighted by molar-refractivity contribution is -0.116. The van der Waals surface area contributed by atoms with E-state index in [4.69, 9.17) is 9.47 Å². The number of aliphatic hydroxyl groups is 1. The summed E-state index contributed by atoms with van der Waals surface area (Å²) >= 11 is 0. The molecule has 1 aliphatic rings. The normalized spacial score (nSPS) is 20.9. The van der Waals surface area contributed by atoms with Gasteiger partial charge in [-0.1, -0.05) is 25.1 Å². The maximum absolute atomic E-state index is 14.3. The van der Waals surface area contributed by atoms with Crippen molar-refractivity contribution in [3.63, 3.8) is 0 Å². The summed E-state index contributed by atoms with van der Waals surface area (Å²) in [5, 5.41) is 13.1. The van der Waals surface area contributed by atoms with Crippen molar-refractivity contribution in [3.8, 4) is 5.75 Å². The summed E-state index contributed by atoms with van der Waals surface area (Å²) in [6.45, 7) is 6.85. The molecule has 1 heterocycles. The molecule has 46 heavy (non-hydrogen) atoms. The summed E-state index contributed by atoms with van der Waals surface area (Å²) in [4.78, 5) is 30.7. The molecule has 0 saturated carbocycles. The highest BCUT2D eigenvalue weighted by Gasteiger charge is 2.32. The Morgan fingerprint density at radius 3 is 2.50 bits per heavy atom. The molecule has 2 amide bonds. The first-order valence-electron chi connectivity index (χ1n) is 16.1. The molecule has 0 bridgehead atoms. The topological polar surface area (TPSA) is 129 Å². The van der Waals surface area contributed by atoms with Crippen LogP contribution in [-0.2, 0) is 19.6 Å². The minimum absolute atomic E-state index is 0.0913. The number of sulfonamides is 1. The van der Waals surface area contributed by atoms with Crippen molar-refractivity contribution in [1.29, 1.82) is 0 Å². The van der Waals surface area contributed by atoms with Crippen molar-refractivity contribution >= 4 is 27.5 Å². The number of rotatable bonds is 11. The molecule has 3 rings (SSSR count). The fourth-order valence-electron chi connectivity index (χ4n) is 5.37. The van der Waals surface area contributed by atoms with Crippen LogP contribution in [0.1, 0.15) is 63.2 Å². The number of hydrogen-bond acceptors (Lipinski definition) is 8. The van der Waals surface area contributed by atoms with E-state index in [-0.39, 0.29) is 54.0 Å². The van der Waals surface area contributed by atoms with Gasteiger partial charge in [-0.2, -0.15) is 4.31 Å². The molecular weight excluding hydrogens is 608 g/mol. The van der Waals surface area contributed by atoms with E-state index in [1.54, 1.807) is 60.4 Å². The number of fused-ring (bicyclic) bond motifs is 1. The second kappa shape index (κ2) is 17.8. The molecule has 0 aromatic heterocycles. The second-order valence-corrected chi connectivity index (χ2v) is 14.6. The molecule has 11 nitrogen and oxygen atoms in total. The number of carbonyl (C=O) groups excluding carboxylic acids is 2. The van der Waals surface area contributed by atoms with Crippen molar-refractivity contribution in [2.24, 2.45) is 5.92 Å².